The number of alkyl halides is 1. The first-order valence-electron chi connectivity index (χ1n) is 2.69. The van der Waals surface area contributed by atoms with E-state index in [1.54, 1.807) is 12.5 Å². The number of hydrogen-bond acceptors (Lipinski definition) is 2. The predicted molar refractivity (Wildman–Crippen MR) is 35.4 cm³/mol. The van der Waals surface area contributed by atoms with Crippen molar-refractivity contribution >= 4 is 11.6 Å². The highest BCUT2D eigenvalue weighted by molar-refractivity contribution is 6.23. The predicted octanol–water partition coefficient (Wildman–Crippen LogP) is 2.15. The van der Waals surface area contributed by atoms with Gasteiger partial charge in [0.2, 0.25) is 0 Å². The summed E-state index contributed by atoms with van der Waals surface area (Å²) in [5.74, 6) is 0. The zero-order valence-corrected chi connectivity index (χ0v) is 6.14. The molecule has 0 aromatic carbocycles. The molecule has 1 heterocycles. The first-order chi connectivity index (χ1) is 4.11. The standard InChI is InChI=1S/C6H8ClNO/c1-6(2,7)5-3-8-9-4-5/h3-4H,1-2H3. The number of rotatable bonds is 1. The van der Waals surface area contributed by atoms with E-state index in [0.717, 1.165) is 5.56 Å². The minimum atomic E-state index is -0.361. The molecule has 0 aliphatic rings. The molecule has 0 atom stereocenters. The molecule has 0 bridgehead atoms. The van der Waals surface area contributed by atoms with Gasteiger partial charge in [-0.25, -0.2) is 0 Å². The van der Waals surface area contributed by atoms with Crippen LogP contribution in [0.5, 0.6) is 0 Å². The maximum atomic E-state index is 5.90. The van der Waals surface area contributed by atoms with Crippen molar-refractivity contribution < 1.29 is 4.52 Å². The summed E-state index contributed by atoms with van der Waals surface area (Å²) in [4.78, 5) is -0.361. The Bertz CT molecular complexity index is 175. The quantitative estimate of drug-likeness (QED) is 0.566. The molecule has 1 rings (SSSR count). The van der Waals surface area contributed by atoms with Gasteiger partial charge >= 0.3 is 0 Å². The molecule has 3 heteroatoms. The summed E-state index contributed by atoms with van der Waals surface area (Å²) in [6, 6.07) is 0. The van der Waals surface area contributed by atoms with Crippen molar-refractivity contribution in [3.8, 4) is 0 Å². The largest absolute Gasteiger partial charge is 0.364 e. The first-order valence-corrected chi connectivity index (χ1v) is 3.07. The second kappa shape index (κ2) is 2.03. The van der Waals surface area contributed by atoms with E-state index < -0.39 is 0 Å². The lowest BCUT2D eigenvalue weighted by molar-refractivity contribution is 0.418. The second-order valence-corrected chi connectivity index (χ2v) is 3.33. The Morgan fingerprint density at radius 3 is 2.56 bits per heavy atom. The number of hydrogen-bond donors (Lipinski definition) is 0. The molecule has 9 heavy (non-hydrogen) atoms. The molecular formula is C6H8ClNO. The topological polar surface area (TPSA) is 26.0 Å². The van der Waals surface area contributed by atoms with Crippen LogP contribution in [-0.2, 0) is 4.87 Å². The van der Waals surface area contributed by atoms with E-state index in [1.165, 1.54) is 0 Å². The first kappa shape index (κ1) is 6.62. The fourth-order valence-corrected chi connectivity index (χ4v) is 0.592. The van der Waals surface area contributed by atoms with Gasteiger partial charge in [-0.05, 0) is 13.8 Å². The second-order valence-electron chi connectivity index (χ2n) is 2.39. The molecule has 0 N–H and O–H groups in total. The minimum absolute atomic E-state index is 0.361. The third-order valence-electron chi connectivity index (χ3n) is 1.12. The van der Waals surface area contributed by atoms with Crippen molar-refractivity contribution in [3.63, 3.8) is 0 Å². The molecule has 1 aromatic rings. The highest BCUT2D eigenvalue weighted by Crippen LogP contribution is 2.26. The van der Waals surface area contributed by atoms with E-state index in [2.05, 4.69) is 9.68 Å². The highest BCUT2D eigenvalue weighted by Gasteiger charge is 2.17. The molecule has 0 fully saturated rings. The van der Waals surface area contributed by atoms with Crippen LogP contribution >= 0.6 is 11.6 Å². The van der Waals surface area contributed by atoms with Gasteiger partial charge in [0.1, 0.15) is 6.26 Å². The Balaban J connectivity index is 2.90. The summed E-state index contributed by atoms with van der Waals surface area (Å²) in [5, 5.41) is 3.53. The molecule has 0 saturated heterocycles. The van der Waals surface area contributed by atoms with E-state index >= 15 is 0 Å². The van der Waals surface area contributed by atoms with Crippen LogP contribution in [0.1, 0.15) is 19.4 Å². The van der Waals surface area contributed by atoms with Gasteiger partial charge in [-0.3, -0.25) is 0 Å². The Labute approximate surface area is 58.8 Å². The van der Waals surface area contributed by atoms with Crippen LogP contribution < -0.4 is 0 Å². The Morgan fingerprint density at radius 1 is 1.67 bits per heavy atom. The maximum absolute atomic E-state index is 5.90. The van der Waals surface area contributed by atoms with Gasteiger partial charge in [-0.2, -0.15) is 0 Å². The van der Waals surface area contributed by atoms with Crippen LogP contribution in [0.25, 0.3) is 0 Å². The van der Waals surface area contributed by atoms with Crippen LogP contribution in [0.4, 0.5) is 0 Å². The minimum Gasteiger partial charge on any atom is -0.364 e. The van der Waals surface area contributed by atoms with Gasteiger partial charge in [0.15, 0.2) is 0 Å². The van der Waals surface area contributed by atoms with E-state index in [0.29, 0.717) is 0 Å². The highest BCUT2D eigenvalue weighted by atomic mass is 35.5. The molecule has 0 amide bonds. The van der Waals surface area contributed by atoms with Crippen molar-refractivity contribution in [2.24, 2.45) is 0 Å². The van der Waals surface area contributed by atoms with E-state index in [9.17, 15) is 0 Å². The number of aromatic nitrogens is 1. The van der Waals surface area contributed by atoms with E-state index in [1.807, 2.05) is 13.8 Å². The molecule has 0 radical (unpaired) electrons. The lowest BCUT2D eigenvalue weighted by Crippen LogP contribution is -2.04. The van der Waals surface area contributed by atoms with Gasteiger partial charge in [0.05, 0.1) is 11.1 Å². The Morgan fingerprint density at radius 2 is 2.33 bits per heavy atom. The molecule has 0 aliphatic carbocycles. The van der Waals surface area contributed by atoms with Crippen LogP contribution in [0.2, 0.25) is 0 Å². The molecule has 50 valence electrons. The third-order valence-corrected chi connectivity index (χ3v) is 1.34. The van der Waals surface area contributed by atoms with Crippen molar-refractivity contribution in [2.75, 3.05) is 0 Å². The normalized spacial score (nSPS) is 11.9. The summed E-state index contributed by atoms with van der Waals surface area (Å²) in [6.07, 6.45) is 3.17. The zero-order chi connectivity index (χ0) is 6.91. The van der Waals surface area contributed by atoms with Crippen LogP contribution in [0, 0.1) is 0 Å². The molecular weight excluding hydrogens is 138 g/mol. The summed E-state index contributed by atoms with van der Waals surface area (Å²) in [7, 11) is 0. The summed E-state index contributed by atoms with van der Waals surface area (Å²) < 4.78 is 4.61. The van der Waals surface area contributed by atoms with Gasteiger partial charge < -0.3 is 4.52 Å². The Hall–Kier alpha value is -0.500. The molecule has 0 spiro atoms. The van der Waals surface area contributed by atoms with Crippen LogP contribution in [-0.4, -0.2) is 5.16 Å². The SMILES string of the molecule is CC(C)(Cl)c1cnoc1. The lowest BCUT2D eigenvalue weighted by atomic mass is 10.1. The van der Waals surface area contributed by atoms with Gasteiger partial charge in [-0.1, -0.05) is 5.16 Å². The number of halogens is 1. The van der Waals surface area contributed by atoms with Gasteiger partial charge in [0, 0.05) is 5.56 Å². The lowest BCUT2D eigenvalue weighted by Gasteiger charge is -2.10. The summed E-state index contributed by atoms with van der Waals surface area (Å²) in [6.45, 7) is 3.78. The van der Waals surface area contributed by atoms with Crippen molar-refractivity contribution in [2.45, 2.75) is 18.7 Å². The maximum Gasteiger partial charge on any atom is 0.128 e. The molecule has 0 unspecified atom stereocenters. The third kappa shape index (κ3) is 1.45. The summed E-state index contributed by atoms with van der Waals surface area (Å²) in [5.41, 5.74) is 0.907. The van der Waals surface area contributed by atoms with Gasteiger partial charge in [0.25, 0.3) is 0 Å². The molecule has 1 aromatic heterocycles. The van der Waals surface area contributed by atoms with Crippen LogP contribution in [0.3, 0.4) is 0 Å². The van der Waals surface area contributed by atoms with Crippen molar-refractivity contribution in [1.82, 2.24) is 5.16 Å². The monoisotopic (exact) mass is 145 g/mol. The summed E-state index contributed by atoms with van der Waals surface area (Å²) >= 11 is 5.90. The number of nitrogens with zero attached hydrogens (tertiary/aromatic N) is 1. The Kier molecular flexibility index (Phi) is 1.49. The fourth-order valence-electron chi connectivity index (χ4n) is 0.498. The van der Waals surface area contributed by atoms with Gasteiger partial charge in [-0.15, -0.1) is 11.6 Å². The average Bonchev–Trinajstić information content (AvgIpc) is 2.08. The van der Waals surface area contributed by atoms with E-state index in [4.69, 9.17) is 11.6 Å². The smallest absolute Gasteiger partial charge is 0.128 e. The molecule has 0 aliphatic heterocycles. The van der Waals surface area contributed by atoms with Crippen molar-refractivity contribution in [1.29, 1.82) is 0 Å². The van der Waals surface area contributed by atoms with Crippen LogP contribution in [0.15, 0.2) is 17.0 Å². The molecule has 0 saturated carbocycles. The molecule has 2 nitrogen and oxygen atoms in total. The van der Waals surface area contributed by atoms with E-state index in [-0.39, 0.29) is 4.87 Å². The average molecular weight is 146 g/mol. The zero-order valence-electron chi connectivity index (χ0n) is 5.39. The van der Waals surface area contributed by atoms with Crippen molar-refractivity contribution in [3.05, 3.63) is 18.0 Å². The fraction of sp³-hybridized carbons (Fsp3) is 0.500.